The van der Waals surface area contributed by atoms with Gasteiger partial charge in [0.1, 0.15) is 0 Å². The normalized spacial score (nSPS) is 9.69. The van der Waals surface area contributed by atoms with Crippen molar-refractivity contribution in [3.05, 3.63) is 23.0 Å². The molecule has 1 aromatic heterocycles. The first-order chi connectivity index (χ1) is 6.24. The molecule has 0 aliphatic heterocycles. The smallest absolute Gasteiger partial charge is 0.339 e. The summed E-state index contributed by atoms with van der Waals surface area (Å²) in [5, 5.41) is 0. The summed E-state index contributed by atoms with van der Waals surface area (Å²) in [6.45, 7) is 1.88. The SMILES string of the molecule is CCc1c(C(=O)OC)c[nH]c1C=O. The monoisotopic (exact) mass is 181 g/mol. The minimum absolute atomic E-state index is 0.416. The average Bonchev–Trinajstić information content (AvgIpc) is 2.58. The molecule has 0 spiro atoms. The van der Waals surface area contributed by atoms with Crippen molar-refractivity contribution in [2.75, 3.05) is 7.11 Å². The molecule has 0 aliphatic carbocycles. The molecule has 13 heavy (non-hydrogen) atoms. The fraction of sp³-hybridized carbons (Fsp3) is 0.333. The number of carbonyl (C=O) groups is 2. The van der Waals surface area contributed by atoms with Crippen LogP contribution in [0.2, 0.25) is 0 Å². The number of carbonyl (C=O) groups excluding carboxylic acids is 2. The maximum Gasteiger partial charge on any atom is 0.339 e. The largest absolute Gasteiger partial charge is 0.465 e. The second kappa shape index (κ2) is 3.89. The van der Waals surface area contributed by atoms with Gasteiger partial charge >= 0.3 is 5.97 Å². The van der Waals surface area contributed by atoms with Gasteiger partial charge in [0.25, 0.3) is 0 Å². The molecule has 0 amide bonds. The Bertz CT molecular complexity index is 328. The summed E-state index contributed by atoms with van der Waals surface area (Å²) < 4.78 is 4.56. The highest BCUT2D eigenvalue weighted by molar-refractivity contribution is 5.93. The first-order valence-corrected chi connectivity index (χ1v) is 3.98. The maximum absolute atomic E-state index is 11.2. The predicted octanol–water partition coefficient (Wildman–Crippen LogP) is 1.18. The van der Waals surface area contributed by atoms with Gasteiger partial charge in [0.05, 0.1) is 18.4 Å². The summed E-state index contributed by atoms with van der Waals surface area (Å²) in [6.07, 6.45) is 2.82. The molecule has 0 bridgehead atoms. The Balaban J connectivity index is 3.14. The summed E-state index contributed by atoms with van der Waals surface area (Å²) in [6, 6.07) is 0. The Morgan fingerprint density at radius 2 is 2.38 bits per heavy atom. The van der Waals surface area contributed by atoms with Crippen LogP contribution in [0.4, 0.5) is 0 Å². The Morgan fingerprint density at radius 1 is 1.69 bits per heavy atom. The van der Waals surface area contributed by atoms with Crippen LogP contribution in [0.15, 0.2) is 6.20 Å². The molecule has 4 heteroatoms. The molecule has 0 atom stereocenters. The molecule has 1 heterocycles. The van der Waals surface area contributed by atoms with Gasteiger partial charge in [0.15, 0.2) is 6.29 Å². The van der Waals surface area contributed by atoms with E-state index in [9.17, 15) is 9.59 Å². The van der Waals surface area contributed by atoms with E-state index in [2.05, 4.69) is 9.72 Å². The van der Waals surface area contributed by atoms with Crippen molar-refractivity contribution < 1.29 is 14.3 Å². The van der Waals surface area contributed by atoms with Gasteiger partial charge in [-0.1, -0.05) is 6.92 Å². The van der Waals surface area contributed by atoms with Crippen LogP contribution in [0.25, 0.3) is 0 Å². The van der Waals surface area contributed by atoms with Gasteiger partial charge in [-0.3, -0.25) is 4.79 Å². The zero-order valence-corrected chi connectivity index (χ0v) is 7.59. The molecule has 0 fully saturated rings. The number of aldehydes is 1. The van der Waals surface area contributed by atoms with Crippen molar-refractivity contribution in [2.45, 2.75) is 13.3 Å². The van der Waals surface area contributed by atoms with Crippen LogP contribution in [0.5, 0.6) is 0 Å². The lowest BCUT2D eigenvalue weighted by Crippen LogP contribution is -2.03. The molecule has 0 aromatic carbocycles. The van der Waals surface area contributed by atoms with Gasteiger partial charge in [-0.25, -0.2) is 4.79 Å². The van der Waals surface area contributed by atoms with Gasteiger partial charge in [0.2, 0.25) is 0 Å². The van der Waals surface area contributed by atoms with Crippen LogP contribution in [0, 0.1) is 0 Å². The van der Waals surface area contributed by atoms with Crippen LogP contribution in [-0.2, 0) is 11.2 Å². The van der Waals surface area contributed by atoms with E-state index in [1.807, 2.05) is 6.92 Å². The van der Waals surface area contributed by atoms with Crippen molar-refractivity contribution in [1.82, 2.24) is 4.98 Å². The van der Waals surface area contributed by atoms with Crippen LogP contribution in [0.1, 0.15) is 33.3 Å². The van der Waals surface area contributed by atoms with Gasteiger partial charge in [0, 0.05) is 6.20 Å². The van der Waals surface area contributed by atoms with Gasteiger partial charge in [-0.2, -0.15) is 0 Å². The third kappa shape index (κ3) is 1.61. The Hall–Kier alpha value is -1.58. The van der Waals surface area contributed by atoms with Crippen LogP contribution in [0.3, 0.4) is 0 Å². The maximum atomic E-state index is 11.2. The topological polar surface area (TPSA) is 59.2 Å². The molecular formula is C9H11NO3. The zero-order chi connectivity index (χ0) is 9.84. The molecule has 1 N–H and O–H groups in total. The molecule has 0 saturated heterocycles. The summed E-state index contributed by atoms with van der Waals surface area (Å²) in [5.74, 6) is -0.416. The second-order valence-electron chi connectivity index (χ2n) is 2.56. The van der Waals surface area contributed by atoms with Crippen molar-refractivity contribution in [2.24, 2.45) is 0 Å². The average molecular weight is 181 g/mol. The number of nitrogens with one attached hydrogen (secondary N) is 1. The Morgan fingerprint density at radius 3 is 2.85 bits per heavy atom. The van der Waals surface area contributed by atoms with E-state index in [0.717, 1.165) is 0 Å². The lowest BCUT2D eigenvalue weighted by atomic mass is 10.1. The quantitative estimate of drug-likeness (QED) is 0.562. The third-order valence-corrected chi connectivity index (χ3v) is 1.90. The number of aromatic amines is 1. The van der Waals surface area contributed by atoms with Crippen molar-refractivity contribution in [3.63, 3.8) is 0 Å². The lowest BCUT2D eigenvalue weighted by molar-refractivity contribution is 0.0600. The van der Waals surface area contributed by atoms with Crippen LogP contribution < -0.4 is 0 Å². The fourth-order valence-corrected chi connectivity index (χ4v) is 1.25. The molecule has 0 unspecified atom stereocenters. The lowest BCUT2D eigenvalue weighted by Gasteiger charge is -1.98. The molecule has 4 nitrogen and oxygen atoms in total. The van der Waals surface area contributed by atoms with Gasteiger partial charge in [-0.15, -0.1) is 0 Å². The van der Waals surface area contributed by atoms with E-state index in [0.29, 0.717) is 29.5 Å². The van der Waals surface area contributed by atoms with Gasteiger partial charge in [-0.05, 0) is 12.0 Å². The summed E-state index contributed by atoms with van der Waals surface area (Å²) in [5.41, 5.74) is 1.59. The first kappa shape index (κ1) is 9.51. The van der Waals surface area contributed by atoms with Crippen molar-refractivity contribution >= 4 is 12.3 Å². The summed E-state index contributed by atoms with van der Waals surface area (Å²) in [4.78, 5) is 24.4. The highest BCUT2D eigenvalue weighted by Gasteiger charge is 2.15. The molecule has 1 aromatic rings. The van der Waals surface area contributed by atoms with E-state index in [1.165, 1.54) is 13.3 Å². The second-order valence-corrected chi connectivity index (χ2v) is 2.56. The number of H-pyrrole nitrogens is 1. The van der Waals surface area contributed by atoms with Crippen LogP contribution in [-0.4, -0.2) is 24.3 Å². The zero-order valence-electron chi connectivity index (χ0n) is 7.59. The Labute approximate surface area is 75.9 Å². The summed E-state index contributed by atoms with van der Waals surface area (Å²) >= 11 is 0. The van der Waals surface area contributed by atoms with E-state index in [-0.39, 0.29) is 0 Å². The number of esters is 1. The molecular weight excluding hydrogens is 170 g/mol. The molecule has 70 valence electrons. The molecule has 0 aliphatic rings. The number of aromatic nitrogens is 1. The van der Waals surface area contributed by atoms with Crippen molar-refractivity contribution in [3.8, 4) is 0 Å². The molecule has 0 radical (unpaired) electrons. The van der Waals surface area contributed by atoms with Crippen LogP contribution >= 0.6 is 0 Å². The van der Waals surface area contributed by atoms with Crippen molar-refractivity contribution in [1.29, 1.82) is 0 Å². The number of ether oxygens (including phenoxy) is 1. The highest BCUT2D eigenvalue weighted by Crippen LogP contribution is 2.14. The predicted molar refractivity (Wildman–Crippen MR) is 46.9 cm³/mol. The number of rotatable bonds is 3. The first-order valence-electron chi connectivity index (χ1n) is 3.98. The fourth-order valence-electron chi connectivity index (χ4n) is 1.25. The number of methoxy groups -OCH3 is 1. The minimum atomic E-state index is -0.416. The summed E-state index contributed by atoms with van der Waals surface area (Å²) in [7, 11) is 1.31. The van der Waals surface area contributed by atoms with Gasteiger partial charge < -0.3 is 9.72 Å². The third-order valence-electron chi connectivity index (χ3n) is 1.90. The number of hydrogen-bond donors (Lipinski definition) is 1. The highest BCUT2D eigenvalue weighted by atomic mass is 16.5. The van der Waals surface area contributed by atoms with E-state index < -0.39 is 5.97 Å². The Kier molecular flexibility index (Phi) is 2.84. The molecule has 1 rings (SSSR count). The van der Waals surface area contributed by atoms with E-state index in [1.54, 1.807) is 0 Å². The number of hydrogen-bond acceptors (Lipinski definition) is 3. The molecule has 0 saturated carbocycles. The minimum Gasteiger partial charge on any atom is -0.465 e. The van der Waals surface area contributed by atoms with E-state index >= 15 is 0 Å². The standard InChI is InChI=1S/C9H11NO3/c1-3-6-7(9(12)13-2)4-10-8(6)5-11/h4-5,10H,3H2,1-2H3. The van der Waals surface area contributed by atoms with E-state index in [4.69, 9.17) is 0 Å².